The molecule has 0 aliphatic heterocycles. The van der Waals surface area contributed by atoms with Gasteiger partial charge in [0.1, 0.15) is 0 Å². The number of hydrogen-bond donors (Lipinski definition) is 0. The minimum atomic E-state index is -0.475. The standard InChI is InChI=1S/C16H17ClN2O/c1-16(2,3)15(20)14(19-9-8-18-11-19)10-12-6-4-5-7-13(12)17/h4-11H,1-3H3. The van der Waals surface area contributed by atoms with Crippen LogP contribution in [0.3, 0.4) is 0 Å². The van der Waals surface area contributed by atoms with E-state index >= 15 is 0 Å². The van der Waals surface area contributed by atoms with E-state index in [-0.39, 0.29) is 5.78 Å². The van der Waals surface area contributed by atoms with Gasteiger partial charge in [-0.1, -0.05) is 50.6 Å². The molecule has 2 aromatic rings. The van der Waals surface area contributed by atoms with Crippen molar-refractivity contribution < 1.29 is 4.79 Å². The molecule has 1 aromatic heterocycles. The second kappa shape index (κ2) is 5.63. The number of nitrogens with zero attached hydrogens (tertiary/aromatic N) is 2. The average molecular weight is 289 g/mol. The first-order chi connectivity index (χ1) is 9.39. The first-order valence-corrected chi connectivity index (χ1v) is 6.77. The number of hydrogen-bond acceptors (Lipinski definition) is 2. The van der Waals surface area contributed by atoms with Gasteiger partial charge >= 0.3 is 0 Å². The van der Waals surface area contributed by atoms with Gasteiger partial charge < -0.3 is 4.57 Å². The van der Waals surface area contributed by atoms with Crippen LogP contribution in [-0.2, 0) is 4.79 Å². The summed E-state index contributed by atoms with van der Waals surface area (Å²) < 4.78 is 1.72. The highest BCUT2D eigenvalue weighted by atomic mass is 35.5. The lowest BCUT2D eigenvalue weighted by Gasteiger charge is -2.19. The van der Waals surface area contributed by atoms with Crippen molar-refractivity contribution in [2.45, 2.75) is 20.8 Å². The molecule has 4 heteroatoms. The molecule has 0 bridgehead atoms. The van der Waals surface area contributed by atoms with Gasteiger partial charge in [-0.25, -0.2) is 4.98 Å². The van der Waals surface area contributed by atoms with Gasteiger partial charge in [0.25, 0.3) is 0 Å². The quantitative estimate of drug-likeness (QED) is 0.795. The Balaban J connectivity index is 2.54. The molecule has 0 saturated carbocycles. The molecule has 0 unspecified atom stereocenters. The number of allylic oxidation sites excluding steroid dienone is 1. The van der Waals surface area contributed by atoms with E-state index in [1.165, 1.54) is 0 Å². The van der Waals surface area contributed by atoms with Crippen LogP contribution in [0.5, 0.6) is 0 Å². The maximum Gasteiger partial charge on any atom is 0.184 e. The van der Waals surface area contributed by atoms with Crippen LogP contribution in [0.4, 0.5) is 0 Å². The maximum absolute atomic E-state index is 12.6. The largest absolute Gasteiger partial charge is 0.303 e. The van der Waals surface area contributed by atoms with E-state index in [1.54, 1.807) is 35.4 Å². The predicted octanol–water partition coefficient (Wildman–Crippen LogP) is 4.15. The number of carbonyl (C=O) groups is 1. The van der Waals surface area contributed by atoms with Crippen molar-refractivity contribution in [3.63, 3.8) is 0 Å². The van der Waals surface area contributed by atoms with E-state index in [4.69, 9.17) is 11.6 Å². The van der Waals surface area contributed by atoms with E-state index in [9.17, 15) is 4.79 Å². The summed E-state index contributed by atoms with van der Waals surface area (Å²) in [4.78, 5) is 16.6. The van der Waals surface area contributed by atoms with Crippen LogP contribution in [0.25, 0.3) is 11.8 Å². The molecule has 1 heterocycles. The van der Waals surface area contributed by atoms with E-state index < -0.39 is 5.41 Å². The zero-order valence-electron chi connectivity index (χ0n) is 11.8. The van der Waals surface area contributed by atoms with E-state index in [1.807, 2.05) is 39.0 Å². The second-order valence-corrected chi connectivity index (χ2v) is 6.01. The highest BCUT2D eigenvalue weighted by molar-refractivity contribution is 6.33. The van der Waals surface area contributed by atoms with Crippen molar-refractivity contribution in [1.29, 1.82) is 0 Å². The van der Waals surface area contributed by atoms with Crippen LogP contribution in [-0.4, -0.2) is 15.3 Å². The number of ketones is 1. The third kappa shape index (κ3) is 3.17. The van der Waals surface area contributed by atoms with E-state index in [2.05, 4.69) is 4.98 Å². The summed E-state index contributed by atoms with van der Waals surface area (Å²) in [6.45, 7) is 5.69. The molecule has 0 fully saturated rings. The molecule has 0 aliphatic carbocycles. The Hall–Kier alpha value is -1.87. The number of benzene rings is 1. The topological polar surface area (TPSA) is 34.9 Å². The molecule has 0 atom stereocenters. The molecule has 0 spiro atoms. The zero-order valence-corrected chi connectivity index (χ0v) is 12.6. The number of imidazole rings is 1. The molecule has 104 valence electrons. The molecule has 2 rings (SSSR count). The second-order valence-electron chi connectivity index (χ2n) is 5.60. The van der Waals surface area contributed by atoms with Gasteiger partial charge in [-0.05, 0) is 17.7 Å². The summed E-state index contributed by atoms with van der Waals surface area (Å²) in [5.74, 6) is 0.0374. The number of halogens is 1. The van der Waals surface area contributed by atoms with Crippen LogP contribution in [0.2, 0.25) is 5.02 Å². The fourth-order valence-corrected chi connectivity index (χ4v) is 1.97. The number of aromatic nitrogens is 2. The van der Waals surface area contributed by atoms with Gasteiger partial charge in [0.05, 0.1) is 12.0 Å². The summed E-state index contributed by atoms with van der Waals surface area (Å²) in [7, 11) is 0. The fraction of sp³-hybridized carbons (Fsp3) is 0.250. The van der Waals surface area contributed by atoms with Crippen LogP contribution in [0.1, 0.15) is 26.3 Å². The van der Waals surface area contributed by atoms with Crippen molar-refractivity contribution in [3.05, 3.63) is 53.6 Å². The van der Waals surface area contributed by atoms with E-state index in [0.717, 1.165) is 5.56 Å². The smallest absolute Gasteiger partial charge is 0.184 e. The SMILES string of the molecule is CC(C)(C)C(=O)C(=Cc1ccccc1Cl)n1ccnc1. The fourth-order valence-electron chi connectivity index (χ4n) is 1.78. The molecule has 1 aromatic carbocycles. The Bertz CT molecular complexity index is 637. The summed E-state index contributed by atoms with van der Waals surface area (Å²) in [6, 6.07) is 7.45. The first kappa shape index (κ1) is 14.5. The lowest BCUT2D eigenvalue weighted by molar-refractivity contribution is -0.120. The molecule has 0 N–H and O–H groups in total. The van der Waals surface area contributed by atoms with E-state index in [0.29, 0.717) is 10.7 Å². The minimum absolute atomic E-state index is 0.0374. The van der Waals surface area contributed by atoms with Gasteiger partial charge in [0, 0.05) is 22.8 Å². The van der Waals surface area contributed by atoms with Gasteiger partial charge in [-0.2, -0.15) is 0 Å². The predicted molar refractivity (Wildman–Crippen MR) is 82.3 cm³/mol. The number of Topliss-reactive ketones (excluding diaryl/α,β-unsaturated/α-hetero) is 1. The molecule has 0 saturated heterocycles. The number of carbonyl (C=O) groups excluding carboxylic acids is 1. The molecule has 0 radical (unpaired) electrons. The Morgan fingerprint density at radius 3 is 2.55 bits per heavy atom. The normalized spacial score (nSPS) is 12.5. The third-order valence-electron chi connectivity index (χ3n) is 2.89. The highest BCUT2D eigenvalue weighted by Crippen LogP contribution is 2.26. The minimum Gasteiger partial charge on any atom is -0.303 e. The van der Waals surface area contributed by atoms with Gasteiger partial charge in [0.2, 0.25) is 0 Å². The third-order valence-corrected chi connectivity index (χ3v) is 3.24. The van der Waals surface area contributed by atoms with Gasteiger partial charge in [-0.15, -0.1) is 0 Å². The molecular weight excluding hydrogens is 272 g/mol. The van der Waals surface area contributed by atoms with Crippen molar-refractivity contribution in [2.75, 3.05) is 0 Å². The number of rotatable bonds is 3. The first-order valence-electron chi connectivity index (χ1n) is 6.39. The zero-order chi connectivity index (χ0) is 14.8. The Labute approximate surface area is 123 Å². The lowest BCUT2D eigenvalue weighted by atomic mass is 9.88. The van der Waals surface area contributed by atoms with Gasteiger partial charge in [-0.3, -0.25) is 4.79 Å². The van der Waals surface area contributed by atoms with Crippen LogP contribution in [0.15, 0.2) is 43.0 Å². The molecule has 20 heavy (non-hydrogen) atoms. The molecule has 0 amide bonds. The van der Waals surface area contributed by atoms with Gasteiger partial charge in [0.15, 0.2) is 5.78 Å². The molecule has 0 aliphatic rings. The average Bonchev–Trinajstić information content (AvgIpc) is 2.89. The van der Waals surface area contributed by atoms with Crippen LogP contribution < -0.4 is 0 Å². The summed E-state index contributed by atoms with van der Waals surface area (Å²) in [6.07, 6.45) is 6.83. The summed E-state index contributed by atoms with van der Waals surface area (Å²) in [5.41, 5.74) is 0.899. The van der Waals surface area contributed by atoms with Crippen molar-refractivity contribution in [1.82, 2.24) is 9.55 Å². The molecule has 3 nitrogen and oxygen atoms in total. The van der Waals surface area contributed by atoms with Crippen molar-refractivity contribution >= 4 is 29.2 Å². The Kier molecular flexibility index (Phi) is 4.09. The monoisotopic (exact) mass is 288 g/mol. The Morgan fingerprint density at radius 1 is 1.30 bits per heavy atom. The highest BCUT2D eigenvalue weighted by Gasteiger charge is 2.26. The Morgan fingerprint density at radius 2 is 2.00 bits per heavy atom. The lowest BCUT2D eigenvalue weighted by Crippen LogP contribution is -2.23. The van der Waals surface area contributed by atoms with Crippen molar-refractivity contribution in [3.8, 4) is 0 Å². The van der Waals surface area contributed by atoms with Crippen molar-refractivity contribution in [2.24, 2.45) is 5.41 Å². The summed E-state index contributed by atoms with van der Waals surface area (Å²) in [5, 5.41) is 0.617. The summed E-state index contributed by atoms with van der Waals surface area (Å²) >= 11 is 6.17. The van der Waals surface area contributed by atoms with Crippen LogP contribution >= 0.6 is 11.6 Å². The van der Waals surface area contributed by atoms with Crippen LogP contribution in [0, 0.1) is 5.41 Å². The maximum atomic E-state index is 12.6. The molecular formula is C16H17ClN2O.